The van der Waals surface area contributed by atoms with Gasteiger partial charge in [0, 0.05) is 24.7 Å². The zero-order chi connectivity index (χ0) is 13.3. The second-order valence-corrected chi connectivity index (χ2v) is 4.26. The molecule has 3 nitrogen and oxygen atoms in total. The minimum atomic E-state index is -0.113. The quantitative estimate of drug-likeness (QED) is 0.777. The molecule has 4 heteroatoms. The number of benzene rings is 1. The summed E-state index contributed by atoms with van der Waals surface area (Å²) in [7, 11) is 3.37. The fraction of sp³-hybridized carbons (Fsp3) is 0.357. The lowest BCUT2D eigenvalue weighted by atomic mass is 10.0. The Kier molecular flexibility index (Phi) is 3.48. The van der Waals surface area contributed by atoms with Gasteiger partial charge in [-0.15, -0.1) is 0 Å². The number of halogens is 1. The van der Waals surface area contributed by atoms with E-state index in [4.69, 9.17) is 0 Å². The lowest BCUT2D eigenvalue weighted by molar-refractivity contribution is 0.614. The average Bonchev–Trinajstić information content (AvgIpc) is 2.94. The minimum absolute atomic E-state index is 0.113. The van der Waals surface area contributed by atoms with Crippen LogP contribution in [0.2, 0.25) is 0 Å². The van der Waals surface area contributed by atoms with Gasteiger partial charge in [-0.25, -0.2) is 4.39 Å². The fourth-order valence-corrected chi connectivity index (χ4v) is 2.58. The largest absolute Gasteiger partial charge is 0.333 e. The summed E-state index contributed by atoms with van der Waals surface area (Å²) < 4.78 is 15.6. The molecule has 18 heavy (non-hydrogen) atoms. The van der Waals surface area contributed by atoms with E-state index in [9.17, 15) is 4.39 Å². The monoisotopic (exact) mass is 247 g/mol. The molecule has 1 heterocycles. The van der Waals surface area contributed by atoms with Crippen molar-refractivity contribution < 1.29 is 4.39 Å². The van der Waals surface area contributed by atoms with E-state index in [0.29, 0.717) is 0 Å². The summed E-state index contributed by atoms with van der Waals surface area (Å²) in [5, 5.41) is 5.34. The summed E-state index contributed by atoms with van der Waals surface area (Å²) in [6.07, 6.45) is 5.81. The maximum absolute atomic E-state index is 13.9. The van der Waals surface area contributed by atoms with Crippen molar-refractivity contribution in [3.63, 3.8) is 0 Å². The highest BCUT2D eigenvalue weighted by atomic mass is 19.1. The SMILES string of the molecule is C/C=C1\CCc2c(F)cc3nn(C)cc3c21.CN. The van der Waals surface area contributed by atoms with Crippen LogP contribution in [0.4, 0.5) is 4.39 Å². The van der Waals surface area contributed by atoms with E-state index in [1.807, 2.05) is 20.2 Å². The second kappa shape index (κ2) is 4.90. The number of aryl methyl sites for hydroxylation is 1. The number of rotatable bonds is 0. The smallest absolute Gasteiger partial charge is 0.129 e. The number of nitrogens with zero attached hydrogens (tertiary/aromatic N) is 2. The van der Waals surface area contributed by atoms with Crippen molar-refractivity contribution in [3.8, 4) is 0 Å². The Morgan fingerprint density at radius 3 is 2.78 bits per heavy atom. The Balaban J connectivity index is 0.000000574. The van der Waals surface area contributed by atoms with Crippen molar-refractivity contribution in [1.29, 1.82) is 0 Å². The lowest BCUT2D eigenvalue weighted by Gasteiger charge is -2.03. The van der Waals surface area contributed by atoms with Gasteiger partial charge in [-0.05, 0) is 43.5 Å². The third-order valence-electron chi connectivity index (χ3n) is 3.29. The van der Waals surface area contributed by atoms with Crippen LogP contribution in [0.1, 0.15) is 24.5 Å². The average molecular weight is 247 g/mol. The van der Waals surface area contributed by atoms with Crippen molar-refractivity contribution in [2.24, 2.45) is 12.8 Å². The van der Waals surface area contributed by atoms with Crippen LogP contribution in [-0.4, -0.2) is 16.8 Å². The Labute approximate surface area is 106 Å². The number of hydrogen-bond donors (Lipinski definition) is 1. The van der Waals surface area contributed by atoms with Crippen molar-refractivity contribution in [2.45, 2.75) is 19.8 Å². The molecule has 0 unspecified atom stereocenters. The Morgan fingerprint density at radius 1 is 1.39 bits per heavy atom. The lowest BCUT2D eigenvalue weighted by Crippen LogP contribution is -1.89. The van der Waals surface area contributed by atoms with Crippen molar-refractivity contribution in [1.82, 2.24) is 9.78 Å². The summed E-state index contributed by atoms with van der Waals surface area (Å²) >= 11 is 0. The number of nitrogens with two attached hydrogens (primary N) is 1. The predicted molar refractivity (Wildman–Crippen MR) is 72.8 cm³/mol. The Bertz CT molecular complexity index is 611. The molecule has 0 aliphatic heterocycles. The molecule has 0 fully saturated rings. The molecule has 96 valence electrons. The first-order valence-electron chi connectivity index (χ1n) is 6.08. The highest BCUT2D eigenvalue weighted by molar-refractivity contribution is 5.95. The van der Waals surface area contributed by atoms with Gasteiger partial charge in [0.15, 0.2) is 0 Å². The second-order valence-electron chi connectivity index (χ2n) is 4.26. The van der Waals surface area contributed by atoms with Crippen LogP contribution in [0.5, 0.6) is 0 Å². The molecule has 0 atom stereocenters. The third-order valence-corrected chi connectivity index (χ3v) is 3.29. The summed E-state index contributed by atoms with van der Waals surface area (Å²) in [6, 6.07) is 1.55. The van der Waals surface area contributed by atoms with E-state index in [2.05, 4.69) is 16.9 Å². The topological polar surface area (TPSA) is 43.8 Å². The van der Waals surface area contributed by atoms with Crippen molar-refractivity contribution >= 4 is 16.5 Å². The van der Waals surface area contributed by atoms with Gasteiger partial charge in [0.2, 0.25) is 0 Å². The maximum Gasteiger partial charge on any atom is 0.129 e. The van der Waals surface area contributed by atoms with E-state index in [1.54, 1.807) is 10.7 Å². The first-order valence-corrected chi connectivity index (χ1v) is 6.08. The van der Waals surface area contributed by atoms with E-state index >= 15 is 0 Å². The normalized spacial score (nSPS) is 15.7. The first-order chi connectivity index (χ1) is 8.70. The molecule has 2 N–H and O–H groups in total. The van der Waals surface area contributed by atoms with Crippen LogP contribution in [0.3, 0.4) is 0 Å². The van der Waals surface area contributed by atoms with Gasteiger partial charge >= 0.3 is 0 Å². The van der Waals surface area contributed by atoms with Crippen LogP contribution in [-0.2, 0) is 13.5 Å². The van der Waals surface area contributed by atoms with Crippen molar-refractivity contribution in [3.05, 3.63) is 35.3 Å². The molecule has 0 amide bonds. The van der Waals surface area contributed by atoms with E-state index in [0.717, 1.165) is 34.9 Å². The van der Waals surface area contributed by atoms with E-state index in [1.165, 1.54) is 12.6 Å². The summed E-state index contributed by atoms with van der Waals surface area (Å²) in [6.45, 7) is 2.01. The van der Waals surface area contributed by atoms with E-state index < -0.39 is 0 Å². The van der Waals surface area contributed by atoms with Crippen LogP contribution in [0, 0.1) is 5.82 Å². The van der Waals surface area contributed by atoms with Crippen LogP contribution in [0.15, 0.2) is 18.3 Å². The highest BCUT2D eigenvalue weighted by Gasteiger charge is 2.23. The molecule has 0 radical (unpaired) electrons. The molecular weight excluding hydrogens is 229 g/mol. The molecule has 1 aliphatic carbocycles. The van der Waals surface area contributed by atoms with Gasteiger partial charge in [0.1, 0.15) is 5.82 Å². The Morgan fingerprint density at radius 2 is 2.11 bits per heavy atom. The first kappa shape index (κ1) is 12.8. The highest BCUT2D eigenvalue weighted by Crippen LogP contribution is 2.38. The van der Waals surface area contributed by atoms with Gasteiger partial charge < -0.3 is 5.73 Å². The molecule has 2 aromatic rings. The van der Waals surface area contributed by atoms with Gasteiger partial charge in [0.05, 0.1) is 5.52 Å². The molecule has 0 saturated carbocycles. The number of aromatic nitrogens is 2. The zero-order valence-corrected chi connectivity index (χ0v) is 11.0. The molecule has 3 rings (SSSR count). The molecule has 1 aliphatic rings. The molecule has 0 spiro atoms. The van der Waals surface area contributed by atoms with Crippen LogP contribution in [0.25, 0.3) is 16.5 Å². The zero-order valence-electron chi connectivity index (χ0n) is 11.0. The van der Waals surface area contributed by atoms with E-state index in [-0.39, 0.29) is 5.82 Å². The third kappa shape index (κ3) is 1.82. The Hall–Kier alpha value is -1.68. The molecule has 1 aromatic heterocycles. The summed E-state index contributed by atoms with van der Waals surface area (Å²) in [5.74, 6) is -0.113. The molecule has 0 saturated heterocycles. The minimum Gasteiger partial charge on any atom is -0.333 e. The molecule has 0 bridgehead atoms. The summed E-state index contributed by atoms with van der Waals surface area (Å²) in [5.41, 5.74) is 8.42. The number of hydrogen-bond acceptors (Lipinski definition) is 2. The number of fused-ring (bicyclic) bond motifs is 3. The fourth-order valence-electron chi connectivity index (χ4n) is 2.58. The van der Waals surface area contributed by atoms with Gasteiger partial charge in [0.25, 0.3) is 0 Å². The van der Waals surface area contributed by atoms with Crippen LogP contribution < -0.4 is 5.73 Å². The standard InChI is InChI=1S/C13H13FN2.CH5N/c1-3-8-4-5-9-11(14)6-12-10(13(8)9)7-16(2)15-12;1-2/h3,6-7H,4-5H2,1-2H3;2H2,1H3/b8-3+;. The predicted octanol–water partition coefficient (Wildman–Crippen LogP) is 2.64. The molecular formula is C14H18FN3. The van der Waals surface area contributed by atoms with Crippen LogP contribution >= 0.6 is 0 Å². The number of allylic oxidation sites excluding steroid dienone is 2. The van der Waals surface area contributed by atoms with Crippen molar-refractivity contribution in [2.75, 3.05) is 7.05 Å². The van der Waals surface area contributed by atoms with Gasteiger partial charge in [-0.1, -0.05) is 6.08 Å². The van der Waals surface area contributed by atoms with Gasteiger partial charge in [-0.2, -0.15) is 5.10 Å². The summed E-state index contributed by atoms with van der Waals surface area (Å²) in [4.78, 5) is 0. The van der Waals surface area contributed by atoms with Gasteiger partial charge in [-0.3, -0.25) is 4.68 Å². The molecule has 1 aromatic carbocycles. The maximum atomic E-state index is 13.9.